The smallest absolute Gasteiger partial charge is 0.163 e. The number of hydrogen-bond acceptors (Lipinski definition) is 5. The number of nitrogens with zero attached hydrogens (tertiary/aromatic N) is 3. The number of aromatic nitrogens is 2. The van der Waals surface area contributed by atoms with Crippen LogP contribution in [0.5, 0.6) is 0 Å². The fraction of sp³-hybridized carbons (Fsp3) is 0.375. The quantitative estimate of drug-likeness (QED) is 0.901. The van der Waals surface area contributed by atoms with Gasteiger partial charge in [0, 0.05) is 31.3 Å². The monoisotopic (exact) mass is 284 g/mol. The summed E-state index contributed by atoms with van der Waals surface area (Å²) < 4.78 is 0. The van der Waals surface area contributed by atoms with E-state index in [1.807, 2.05) is 43.3 Å². The van der Waals surface area contributed by atoms with E-state index in [-0.39, 0.29) is 6.10 Å². The van der Waals surface area contributed by atoms with Crippen molar-refractivity contribution in [1.82, 2.24) is 9.97 Å². The number of rotatable bonds is 4. The lowest BCUT2D eigenvalue weighted by Crippen LogP contribution is -2.22. The zero-order valence-electron chi connectivity index (χ0n) is 12.2. The zero-order chi connectivity index (χ0) is 14.7. The van der Waals surface area contributed by atoms with Crippen LogP contribution in [0.1, 0.15) is 13.3 Å². The molecule has 1 atom stereocenters. The second-order valence-corrected chi connectivity index (χ2v) is 5.22. The number of aliphatic hydroxyl groups excluding tert-OH is 1. The van der Waals surface area contributed by atoms with Crippen LogP contribution >= 0.6 is 0 Å². The van der Waals surface area contributed by atoms with Gasteiger partial charge < -0.3 is 15.3 Å². The first-order valence-corrected chi connectivity index (χ1v) is 7.37. The molecule has 0 bridgehead atoms. The number of nitrogens with one attached hydrogen (secondary N) is 1. The Morgan fingerprint density at radius 1 is 1.29 bits per heavy atom. The Morgan fingerprint density at radius 2 is 2.10 bits per heavy atom. The van der Waals surface area contributed by atoms with E-state index in [1.165, 1.54) is 0 Å². The predicted octanol–water partition coefficient (Wildman–Crippen LogP) is 2.15. The van der Waals surface area contributed by atoms with E-state index in [2.05, 4.69) is 20.2 Å². The van der Waals surface area contributed by atoms with Crippen LogP contribution in [0.4, 0.5) is 11.6 Å². The van der Waals surface area contributed by atoms with Crippen LogP contribution in [-0.2, 0) is 0 Å². The summed E-state index contributed by atoms with van der Waals surface area (Å²) in [5.41, 5.74) is 0.998. The summed E-state index contributed by atoms with van der Waals surface area (Å²) in [6.45, 7) is 4.33. The molecule has 5 heteroatoms. The molecular weight excluding hydrogens is 264 g/mol. The largest absolute Gasteiger partial charge is 0.391 e. The molecule has 1 aromatic carbocycles. The molecule has 1 unspecified atom stereocenters. The van der Waals surface area contributed by atoms with Crippen LogP contribution in [0.25, 0.3) is 11.4 Å². The maximum absolute atomic E-state index is 9.72. The number of anilines is 2. The standard InChI is InChI=1S/C16H20N4O/c1-2-17-14-10-15(20-9-8-13(21)11-20)19-16(18-14)12-6-4-3-5-7-12/h3-7,10,13,21H,2,8-9,11H2,1H3,(H,17,18,19). The van der Waals surface area contributed by atoms with Gasteiger partial charge >= 0.3 is 0 Å². The van der Waals surface area contributed by atoms with Crippen molar-refractivity contribution in [3.05, 3.63) is 36.4 Å². The maximum Gasteiger partial charge on any atom is 0.163 e. The molecule has 5 nitrogen and oxygen atoms in total. The van der Waals surface area contributed by atoms with Crippen LogP contribution in [0.15, 0.2) is 36.4 Å². The summed E-state index contributed by atoms with van der Waals surface area (Å²) in [7, 11) is 0. The molecule has 2 heterocycles. The summed E-state index contributed by atoms with van der Waals surface area (Å²) in [6, 6.07) is 11.9. The van der Waals surface area contributed by atoms with Gasteiger partial charge in [0.25, 0.3) is 0 Å². The first-order chi connectivity index (χ1) is 10.3. The van der Waals surface area contributed by atoms with Gasteiger partial charge in [0.05, 0.1) is 6.10 Å². The van der Waals surface area contributed by atoms with Gasteiger partial charge in [0.2, 0.25) is 0 Å². The third-order valence-corrected chi connectivity index (χ3v) is 3.59. The molecule has 21 heavy (non-hydrogen) atoms. The van der Waals surface area contributed by atoms with E-state index in [0.29, 0.717) is 12.4 Å². The lowest BCUT2D eigenvalue weighted by molar-refractivity contribution is 0.198. The second-order valence-electron chi connectivity index (χ2n) is 5.22. The van der Waals surface area contributed by atoms with E-state index < -0.39 is 0 Å². The first-order valence-electron chi connectivity index (χ1n) is 7.37. The Bertz CT molecular complexity index is 602. The van der Waals surface area contributed by atoms with Gasteiger partial charge in [-0.15, -0.1) is 0 Å². The van der Waals surface area contributed by atoms with E-state index >= 15 is 0 Å². The fourth-order valence-corrected chi connectivity index (χ4v) is 2.53. The Morgan fingerprint density at radius 3 is 2.76 bits per heavy atom. The Kier molecular flexibility index (Phi) is 4.01. The van der Waals surface area contributed by atoms with Gasteiger partial charge in [-0.25, -0.2) is 9.97 Å². The van der Waals surface area contributed by atoms with Crippen molar-refractivity contribution in [3.63, 3.8) is 0 Å². The van der Waals surface area contributed by atoms with Crippen molar-refractivity contribution in [2.45, 2.75) is 19.4 Å². The van der Waals surface area contributed by atoms with Crippen molar-refractivity contribution < 1.29 is 5.11 Å². The van der Waals surface area contributed by atoms with E-state index in [4.69, 9.17) is 0 Å². The molecule has 0 radical (unpaired) electrons. The normalized spacial score (nSPS) is 18.0. The first kappa shape index (κ1) is 13.8. The minimum atomic E-state index is -0.261. The van der Waals surface area contributed by atoms with E-state index in [9.17, 15) is 5.11 Å². The molecule has 1 aliphatic rings. The summed E-state index contributed by atoms with van der Waals surface area (Å²) >= 11 is 0. The lowest BCUT2D eigenvalue weighted by Gasteiger charge is -2.18. The van der Waals surface area contributed by atoms with E-state index in [1.54, 1.807) is 0 Å². The van der Waals surface area contributed by atoms with Crippen molar-refractivity contribution in [2.24, 2.45) is 0 Å². The van der Waals surface area contributed by atoms with Gasteiger partial charge in [-0.3, -0.25) is 0 Å². The highest BCUT2D eigenvalue weighted by molar-refractivity contribution is 5.62. The lowest BCUT2D eigenvalue weighted by atomic mass is 10.2. The zero-order valence-corrected chi connectivity index (χ0v) is 12.2. The number of aliphatic hydroxyl groups is 1. The van der Waals surface area contributed by atoms with Crippen molar-refractivity contribution >= 4 is 11.6 Å². The van der Waals surface area contributed by atoms with Crippen LogP contribution in [0.3, 0.4) is 0 Å². The van der Waals surface area contributed by atoms with Crippen molar-refractivity contribution in [2.75, 3.05) is 29.9 Å². The Balaban J connectivity index is 1.98. The molecule has 1 aliphatic heterocycles. The Hall–Kier alpha value is -2.14. The van der Waals surface area contributed by atoms with Crippen LogP contribution in [0, 0.1) is 0 Å². The number of hydrogen-bond donors (Lipinski definition) is 2. The van der Waals surface area contributed by atoms with Crippen molar-refractivity contribution in [3.8, 4) is 11.4 Å². The number of β-amino-alcohol motifs (C(OH)–C–C–N with tert-alkyl or cyclic N) is 1. The third-order valence-electron chi connectivity index (χ3n) is 3.59. The summed E-state index contributed by atoms with van der Waals surface area (Å²) in [6.07, 6.45) is 0.532. The fourth-order valence-electron chi connectivity index (χ4n) is 2.53. The van der Waals surface area contributed by atoms with Gasteiger partial charge in [-0.1, -0.05) is 30.3 Å². The van der Waals surface area contributed by atoms with Gasteiger partial charge in [0.1, 0.15) is 11.6 Å². The molecule has 0 saturated carbocycles. The molecule has 0 amide bonds. The summed E-state index contributed by atoms with van der Waals surface area (Å²) in [5.74, 6) is 2.41. The van der Waals surface area contributed by atoms with Crippen LogP contribution in [-0.4, -0.2) is 40.8 Å². The average molecular weight is 284 g/mol. The minimum absolute atomic E-state index is 0.261. The maximum atomic E-state index is 9.72. The van der Waals surface area contributed by atoms with Crippen LogP contribution in [0.2, 0.25) is 0 Å². The third kappa shape index (κ3) is 3.13. The highest BCUT2D eigenvalue weighted by atomic mass is 16.3. The van der Waals surface area contributed by atoms with Gasteiger partial charge in [-0.05, 0) is 13.3 Å². The SMILES string of the molecule is CCNc1cc(N2CCC(O)C2)nc(-c2ccccc2)n1. The van der Waals surface area contributed by atoms with Crippen LogP contribution < -0.4 is 10.2 Å². The summed E-state index contributed by atoms with van der Waals surface area (Å²) in [5, 5.41) is 13.0. The predicted molar refractivity (Wildman–Crippen MR) is 84.5 cm³/mol. The topological polar surface area (TPSA) is 61.3 Å². The second kappa shape index (κ2) is 6.10. The average Bonchev–Trinajstić information content (AvgIpc) is 2.95. The molecule has 1 aromatic heterocycles. The highest BCUT2D eigenvalue weighted by Gasteiger charge is 2.22. The number of benzene rings is 1. The van der Waals surface area contributed by atoms with Gasteiger partial charge in [-0.2, -0.15) is 0 Å². The molecule has 2 aromatic rings. The molecular formula is C16H20N4O. The van der Waals surface area contributed by atoms with Crippen molar-refractivity contribution in [1.29, 1.82) is 0 Å². The molecule has 0 aliphatic carbocycles. The Labute approximate surface area is 124 Å². The van der Waals surface area contributed by atoms with E-state index in [0.717, 1.165) is 36.7 Å². The molecule has 3 rings (SSSR count). The highest BCUT2D eigenvalue weighted by Crippen LogP contribution is 2.25. The molecule has 2 N–H and O–H groups in total. The molecule has 110 valence electrons. The van der Waals surface area contributed by atoms with Gasteiger partial charge in [0.15, 0.2) is 5.82 Å². The molecule has 1 fully saturated rings. The summed E-state index contributed by atoms with van der Waals surface area (Å²) in [4.78, 5) is 11.3. The molecule has 0 spiro atoms. The molecule has 1 saturated heterocycles. The minimum Gasteiger partial charge on any atom is -0.391 e.